The van der Waals surface area contributed by atoms with Gasteiger partial charge in [0.15, 0.2) is 0 Å². The smallest absolute Gasteiger partial charge is 0.255 e. The third kappa shape index (κ3) is 4.91. The van der Waals surface area contributed by atoms with Crippen molar-refractivity contribution in [3.63, 3.8) is 0 Å². The van der Waals surface area contributed by atoms with Crippen LogP contribution >= 0.6 is 0 Å². The van der Waals surface area contributed by atoms with E-state index in [9.17, 15) is 4.79 Å². The summed E-state index contributed by atoms with van der Waals surface area (Å²) in [7, 11) is 0. The number of amides is 1. The molecule has 0 atom stereocenters. The van der Waals surface area contributed by atoms with Crippen LogP contribution in [0.3, 0.4) is 0 Å². The summed E-state index contributed by atoms with van der Waals surface area (Å²) in [6.45, 7) is 5.25. The van der Waals surface area contributed by atoms with Crippen LogP contribution in [0.4, 0.5) is 5.69 Å². The minimum absolute atomic E-state index is 0.184. The van der Waals surface area contributed by atoms with Gasteiger partial charge in [0.1, 0.15) is 17.2 Å². The monoisotopic (exact) mass is 328 g/mol. The Labute approximate surface area is 142 Å². The van der Waals surface area contributed by atoms with Crippen molar-refractivity contribution in [1.82, 2.24) is 5.32 Å². The zero-order valence-electron chi connectivity index (χ0n) is 14.2. The van der Waals surface area contributed by atoms with E-state index in [1.165, 1.54) is 0 Å². The zero-order valence-corrected chi connectivity index (χ0v) is 14.2. The molecule has 3 N–H and O–H groups in total. The molecule has 0 aliphatic heterocycles. The second-order valence-electron chi connectivity index (χ2n) is 5.37. The number of nitrogen functional groups attached to an aromatic ring is 1. The molecule has 128 valence electrons. The average Bonchev–Trinajstić information content (AvgIpc) is 2.58. The number of nitrogens with two attached hydrogens (primary N) is 1. The van der Waals surface area contributed by atoms with Crippen LogP contribution in [0.2, 0.25) is 0 Å². The number of nitrogens with one attached hydrogen (secondary N) is 1. The highest BCUT2D eigenvalue weighted by Gasteiger charge is 2.13. The Hall–Kier alpha value is -2.69. The molecule has 0 bridgehead atoms. The Bertz CT molecular complexity index is 669. The number of benzene rings is 2. The molecule has 0 heterocycles. The Morgan fingerprint density at radius 3 is 2.46 bits per heavy atom. The molecule has 0 aromatic heterocycles. The summed E-state index contributed by atoms with van der Waals surface area (Å²) in [4.78, 5) is 12.4. The lowest BCUT2D eigenvalue weighted by molar-refractivity contribution is 0.0951. The molecule has 0 saturated carbocycles. The van der Waals surface area contributed by atoms with Gasteiger partial charge in [-0.2, -0.15) is 0 Å². The summed E-state index contributed by atoms with van der Waals surface area (Å²) in [5, 5.41) is 2.88. The first-order valence-electron chi connectivity index (χ1n) is 8.22. The Morgan fingerprint density at radius 1 is 1.08 bits per heavy atom. The molecule has 2 rings (SSSR count). The second kappa shape index (κ2) is 8.82. The van der Waals surface area contributed by atoms with Crippen molar-refractivity contribution in [3.05, 3.63) is 48.0 Å². The Morgan fingerprint density at radius 2 is 1.79 bits per heavy atom. The maximum Gasteiger partial charge on any atom is 0.255 e. The highest BCUT2D eigenvalue weighted by molar-refractivity contribution is 5.97. The summed E-state index contributed by atoms with van der Waals surface area (Å²) >= 11 is 0. The van der Waals surface area contributed by atoms with Crippen LogP contribution < -0.4 is 20.5 Å². The highest BCUT2D eigenvalue weighted by atomic mass is 16.5. The molecule has 0 radical (unpaired) electrons. The van der Waals surface area contributed by atoms with Gasteiger partial charge in [-0.1, -0.05) is 13.3 Å². The van der Waals surface area contributed by atoms with Gasteiger partial charge in [-0.3, -0.25) is 4.79 Å². The van der Waals surface area contributed by atoms with Gasteiger partial charge in [-0.05, 0) is 55.8 Å². The molecule has 0 saturated heterocycles. The van der Waals surface area contributed by atoms with Crippen LogP contribution in [0.1, 0.15) is 37.0 Å². The summed E-state index contributed by atoms with van der Waals surface area (Å²) in [6.07, 6.45) is 1.95. The van der Waals surface area contributed by atoms with Crippen molar-refractivity contribution in [2.24, 2.45) is 0 Å². The van der Waals surface area contributed by atoms with E-state index in [1.54, 1.807) is 30.3 Å². The first kappa shape index (κ1) is 17.7. The van der Waals surface area contributed by atoms with Gasteiger partial charge >= 0.3 is 0 Å². The lowest BCUT2D eigenvalue weighted by Gasteiger charge is -2.12. The third-order valence-electron chi connectivity index (χ3n) is 3.43. The Balaban J connectivity index is 2.15. The molecular weight excluding hydrogens is 304 g/mol. The fourth-order valence-corrected chi connectivity index (χ4v) is 2.19. The molecule has 5 nitrogen and oxygen atoms in total. The quantitative estimate of drug-likeness (QED) is 0.567. The standard InChI is InChI=1S/C19H24N2O3/c1-3-5-12-21-19(22)17-13-14(20)6-11-18(17)24-16-9-7-15(8-10-16)23-4-2/h6-11,13H,3-5,12,20H2,1-2H3,(H,21,22). The van der Waals surface area contributed by atoms with Gasteiger partial charge < -0.3 is 20.5 Å². The van der Waals surface area contributed by atoms with Crippen molar-refractivity contribution in [2.75, 3.05) is 18.9 Å². The topological polar surface area (TPSA) is 73.6 Å². The molecule has 1 amide bonds. The number of anilines is 1. The van der Waals surface area contributed by atoms with Crippen molar-refractivity contribution >= 4 is 11.6 Å². The lowest BCUT2D eigenvalue weighted by atomic mass is 10.1. The summed E-state index contributed by atoms with van der Waals surface area (Å²) in [5.41, 5.74) is 6.77. The van der Waals surface area contributed by atoms with E-state index in [0.29, 0.717) is 35.9 Å². The number of ether oxygens (including phenoxy) is 2. The van der Waals surface area contributed by atoms with Crippen molar-refractivity contribution in [1.29, 1.82) is 0 Å². The van der Waals surface area contributed by atoms with Crippen LogP contribution in [-0.2, 0) is 0 Å². The molecule has 2 aromatic rings. The SMILES string of the molecule is CCCCNC(=O)c1cc(N)ccc1Oc1ccc(OCC)cc1. The van der Waals surface area contributed by atoms with E-state index in [0.717, 1.165) is 18.6 Å². The summed E-state index contributed by atoms with van der Waals surface area (Å²) in [6, 6.07) is 12.3. The van der Waals surface area contributed by atoms with Gasteiger partial charge in [0.05, 0.1) is 12.2 Å². The fraction of sp³-hybridized carbons (Fsp3) is 0.316. The van der Waals surface area contributed by atoms with Crippen molar-refractivity contribution in [3.8, 4) is 17.2 Å². The predicted octanol–water partition coefficient (Wildman–Crippen LogP) is 3.99. The van der Waals surface area contributed by atoms with Crippen LogP contribution in [0.5, 0.6) is 17.2 Å². The predicted molar refractivity (Wildman–Crippen MR) is 95.8 cm³/mol. The maximum absolute atomic E-state index is 12.4. The average molecular weight is 328 g/mol. The van der Waals surface area contributed by atoms with Gasteiger partial charge in [0.25, 0.3) is 5.91 Å². The van der Waals surface area contributed by atoms with E-state index in [1.807, 2.05) is 19.1 Å². The molecular formula is C19H24N2O3. The number of carbonyl (C=O) groups excluding carboxylic acids is 1. The zero-order chi connectivity index (χ0) is 17.4. The third-order valence-corrected chi connectivity index (χ3v) is 3.43. The number of hydrogen-bond acceptors (Lipinski definition) is 4. The fourth-order valence-electron chi connectivity index (χ4n) is 2.19. The molecule has 2 aromatic carbocycles. The molecule has 24 heavy (non-hydrogen) atoms. The summed E-state index contributed by atoms with van der Waals surface area (Å²) in [5.74, 6) is 1.70. The molecule has 0 aliphatic carbocycles. The molecule has 0 unspecified atom stereocenters. The van der Waals surface area contributed by atoms with Crippen LogP contribution in [0.25, 0.3) is 0 Å². The molecule has 0 aliphatic rings. The molecule has 0 fully saturated rings. The van der Waals surface area contributed by atoms with Crippen molar-refractivity contribution in [2.45, 2.75) is 26.7 Å². The van der Waals surface area contributed by atoms with Gasteiger partial charge in [0.2, 0.25) is 0 Å². The van der Waals surface area contributed by atoms with E-state index >= 15 is 0 Å². The summed E-state index contributed by atoms with van der Waals surface area (Å²) < 4.78 is 11.3. The first-order chi connectivity index (χ1) is 11.6. The van der Waals surface area contributed by atoms with E-state index < -0.39 is 0 Å². The van der Waals surface area contributed by atoms with Crippen LogP contribution in [-0.4, -0.2) is 19.1 Å². The maximum atomic E-state index is 12.4. The first-order valence-corrected chi connectivity index (χ1v) is 8.22. The number of unbranched alkanes of at least 4 members (excludes halogenated alkanes) is 1. The number of hydrogen-bond donors (Lipinski definition) is 2. The highest BCUT2D eigenvalue weighted by Crippen LogP contribution is 2.28. The molecule has 0 spiro atoms. The molecule has 5 heteroatoms. The normalized spacial score (nSPS) is 10.2. The largest absolute Gasteiger partial charge is 0.494 e. The van der Waals surface area contributed by atoms with Crippen LogP contribution in [0.15, 0.2) is 42.5 Å². The minimum atomic E-state index is -0.184. The lowest BCUT2D eigenvalue weighted by Crippen LogP contribution is -2.24. The van der Waals surface area contributed by atoms with Crippen molar-refractivity contribution < 1.29 is 14.3 Å². The van der Waals surface area contributed by atoms with E-state index in [2.05, 4.69) is 12.2 Å². The van der Waals surface area contributed by atoms with E-state index in [4.69, 9.17) is 15.2 Å². The van der Waals surface area contributed by atoms with Gasteiger partial charge in [-0.15, -0.1) is 0 Å². The van der Waals surface area contributed by atoms with E-state index in [-0.39, 0.29) is 5.91 Å². The second-order valence-corrected chi connectivity index (χ2v) is 5.37. The Kier molecular flexibility index (Phi) is 6.49. The van der Waals surface area contributed by atoms with Crippen LogP contribution in [0, 0.1) is 0 Å². The van der Waals surface area contributed by atoms with Gasteiger partial charge in [0, 0.05) is 12.2 Å². The number of rotatable bonds is 8. The number of carbonyl (C=O) groups is 1. The minimum Gasteiger partial charge on any atom is -0.494 e. The van der Waals surface area contributed by atoms with Gasteiger partial charge in [-0.25, -0.2) is 0 Å².